The molecule has 0 aliphatic rings. The van der Waals surface area contributed by atoms with Crippen molar-refractivity contribution in [1.82, 2.24) is 10.5 Å². The van der Waals surface area contributed by atoms with Crippen LogP contribution in [0.2, 0.25) is 0 Å². The zero-order valence-electron chi connectivity index (χ0n) is 15.6. The summed E-state index contributed by atoms with van der Waals surface area (Å²) >= 11 is 0. The molecule has 2 aromatic carbocycles. The first-order valence-corrected chi connectivity index (χ1v) is 8.77. The molecule has 6 nitrogen and oxygen atoms in total. The molecule has 1 heterocycles. The summed E-state index contributed by atoms with van der Waals surface area (Å²) in [5, 5.41) is 9.28. The van der Waals surface area contributed by atoms with E-state index in [0.717, 1.165) is 5.56 Å². The topological polar surface area (TPSA) is 84.2 Å². The van der Waals surface area contributed by atoms with Crippen molar-refractivity contribution in [2.24, 2.45) is 0 Å². The van der Waals surface area contributed by atoms with Gasteiger partial charge in [-0.05, 0) is 44.2 Å². The van der Waals surface area contributed by atoms with Crippen LogP contribution in [0, 0.1) is 19.7 Å². The van der Waals surface area contributed by atoms with Gasteiger partial charge in [0.1, 0.15) is 11.6 Å². The molecule has 28 heavy (non-hydrogen) atoms. The maximum atomic E-state index is 13.6. The molecule has 0 spiro atoms. The normalized spacial score (nSPS) is 10.5. The van der Waals surface area contributed by atoms with Gasteiger partial charge < -0.3 is 15.2 Å². The Hall–Kier alpha value is -3.48. The van der Waals surface area contributed by atoms with Crippen LogP contribution in [0.5, 0.6) is 0 Å². The number of nitrogens with one attached hydrogen (secondary N) is 2. The van der Waals surface area contributed by atoms with Crippen molar-refractivity contribution in [2.45, 2.75) is 26.8 Å². The summed E-state index contributed by atoms with van der Waals surface area (Å²) in [5.41, 5.74) is 2.86. The molecule has 0 bridgehead atoms. The van der Waals surface area contributed by atoms with E-state index in [1.807, 2.05) is 0 Å². The van der Waals surface area contributed by atoms with Gasteiger partial charge in [-0.2, -0.15) is 0 Å². The molecule has 0 unspecified atom stereocenters. The molecule has 0 saturated carbocycles. The van der Waals surface area contributed by atoms with Crippen LogP contribution in [-0.2, 0) is 17.8 Å². The summed E-state index contributed by atoms with van der Waals surface area (Å²) in [5.74, 6) is -0.267. The second kappa shape index (κ2) is 8.47. The predicted molar refractivity (Wildman–Crippen MR) is 102 cm³/mol. The Balaban J connectivity index is 1.56. The number of hydrogen-bond donors (Lipinski definition) is 2. The number of rotatable bonds is 6. The van der Waals surface area contributed by atoms with Gasteiger partial charge in [-0.25, -0.2) is 4.39 Å². The van der Waals surface area contributed by atoms with E-state index in [4.69, 9.17) is 4.52 Å². The number of halogens is 1. The van der Waals surface area contributed by atoms with Crippen LogP contribution in [0.1, 0.15) is 32.9 Å². The molecule has 2 amide bonds. The Kier molecular flexibility index (Phi) is 5.84. The number of nitrogens with zero attached hydrogens (tertiary/aromatic N) is 1. The lowest BCUT2D eigenvalue weighted by Gasteiger charge is -2.08. The Bertz CT molecular complexity index is 977. The molecular formula is C21H20FN3O3. The van der Waals surface area contributed by atoms with E-state index in [1.54, 1.807) is 56.3 Å². The van der Waals surface area contributed by atoms with Crippen LogP contribution in [0.3, 0.4) is 0 Å². The Morgan fingerprint density at radius 3 is 2.43 bits per heavy atom. The van der Waals surface area contributed by atoms with Crippen molar-refractivity contribution >= 4 is 17.5 Å². The molecule has 3 rings (SSSR count). The third kappa shape index (κ3) is 4.62. The van der Waals surface area contributed by atoms with Crippen LogP contribution >= 0.6 is 0 Å². The zero-order chi connectivity index (χ0) is 20.1. The van der Waals surface area contributed by atoms with Crippen LogP contribution in [0.15, 0.2) is 53.1 Å². The SMILES string of the molecule is Cc1noc(C)c1CC(=O)Nc1ccc(C(=O)NCc2ccccc2F)cc1. The molecule has 144 valence electrons. The van der Waals surface area contributed by atoms with Crippen molar-refractivity contribution in [2.75, 3.05) is 5.32 Å². The highest BCUT2D eigenvalue weighted by Gasteiger charge is 2.14. The number of amides is 2. The molecule has 3 aromatic rings. The molecule has 0 atom stereocenters. The molecular weight excluding hydrogens is 361 g/mol. The van der Waals surface area contributed by atoms with E-state index in [1.165, 1.54) is 6.07 Å². The van der Waals surface area contributed by atoms with Gasteiger partial charge in [-0.3, -0.25) is 9.59 Å². The average Bonchev–Trinajstić information content (AvgIpc) is 2.99. The van der Waals surface area contributed by atoms with E-state index in [2.05, 4.69) is 15.8 Å². The Morgan fingerprint density at radius 1 is 1.07 bits per heavy atom. The van der Waals surface area contributed by atoms with E-state index in [0.29, 0.717) is 28.3 Å². The second-order valence-corrected chi connectivity index (χ2v) is 6.38. The van der Waals surface area contributed by atoms with Crippen LogP contribution in [0.25, 0.3) is 0 Å². The monoisotopic (exact) mass is 381 g/mol. The third-order valence-corrected chi connectivity index (χ3v) is 4.35. The van der Waals surface area contributed by atoms with Crippen molar-refractivity contribution in [3.63, 3.8) is 0 Å². The largest absolute Gasteiger partial charge is 0.361 e. The molecule has 2 N–H and O–H groups in total. The smallest absolute Gasteiger partial charge is 0.251 e. The quantitative estimate of drug-likeness (QED) is 0.684. The van der Waals surface area contributed by atoms with Gasteiger partial charge in [0.2, 0.25) is 5.91 Å². The maximum Gasteiger partial charge on any atom is 0.251 e. The molecule has 0 radical (unpaired) electrons. The summed E-state index contributed by atoms with van der Waals surface area (Å²) in [6, 6.07) is 12.8. The van der Waals surface area contributed by atoms with Crippen molar-refractivity contribution in [3.05, 3.63) is 82.5 Å². The first-order chi connectivity index (χ1) is 13.4. The highest BCUT2D eigenvalue weighted by atomic mass is 19.1. The van der Waals surface area contributed by atoms with E-state index >= 15 is 0 Å². The molecule has 0 saturated heterocycles. The van der Waals surface area contributed by atoms with Crippen molar-refractivity contribution < 1.29 is 18.5 Å². The summed E-state index contributed by atoms with van der Waals surface area (Å²) in [7, 11) is 0. The van der Waals surface area contributed by atoms with Crippen LogP contribution < -0.4 is 10.6 Å². The number of hydrogen-bond acceptors (Lipinski definition) is 4. The number of aryl methyl sites for hydroxylation is 2. The second-order valence-electron chi connectivity index (χ2n) is 6.38. The standard InChI is InChI=1S/C21H20FN3O3/c1-13-18(14(2)28-25-13)11-20(26)24-17-9-7-15(8-10-17)21(27)23-12-16-5-3-4-6-19(16)22/h3-10H,11-12H2,1-2H3,(H,23,27)(H,24,26). The number of carbonyl (C=O) groups excluding carboxylic acids is 2. The van der Waals surface area contributed by atoms with E-state index < -0.39 is 0 Å². The van der Waals surface area contributed by atoms with Crippen molar-refractivity contribution in [1.29, 1.82) is 0 Å². The number of anilines is 1. The molecule has 0 aliphatic carbocycles. The molecule has 1 aromatic heterocycles. The highest BCUT2D eigenvalue weighted by molar-refractivity contribution is 5.96. The fraction of sp³-hybridized carbons (Fsp3) is 0.190. The number of benzene rings is 2. The minimum Gasteiger partial charge on any atom is -0.361 e. The first-order valence-electron chi connectivity index (χ1n) is 8.77. The molecule has 7 heteroatoms. The maximum absolute atomic E-state index is 13.6. The molecule has 0 fully saturated rings. The van der Waals surface area contributed by atoms with Gasteiger partial charge in [0.05, 0.1) is 12.1 Å². The van der Waals surface area contributed by atoms with E-state index in [-0.39, 0.29) is 30.6 Å². The van der Waals surface area contributed by atoms with Gasteiger partial charge in [-0.1, -0.05) is 23.4 Å². The highest BCUT2D eigenvalue weighted by Crippen LogP contribution is 2.15. The van der Waals surface area contributed by atoms with Gasteiger partial charge in [0.15, 0.2) is 0 Å². The lowest BCUT2D eigenvalue weighted by molar-refractivity contribution is -0.115. The Morgan fingerprint density at radius 2 is 1.79 bits per heavy atom. The fourth-order valence-corrected chi connectivity index (χ4v) is 2.74. The molecule has 0 aliphatic heterocycles. The van der Waals surface area contributed by atoms with Gasteiger partial charge in [-0.15, -0.1) is 0 Å². The van der Waals surface area contributed by atoms with Crippen LogP contribution in [0.4, 0.5) is 10.1 Å². The zero-order valence-corrected chi connectivity index (χ0v) is 15.6. The summed E-state index contributed by atoms with van der Waals surface area (Å²) in [6.07, 6.45) is 0.159. The number of carbonyl (C=O) groups is 2. The van der Waals surface area contributed by atoms with Gasteiger partial charge >= 0.3 is 0 Å². The fourth-order valence-electron chi connectivity index (χ4n) is 2.74. The summed E-state index contributed by atoms with van der Waals surface area (Å²) in [6.45, 7) is 3.65. The summed E-state index contributed by atoms with van der Waals surface area (Å²) in [4.78, 5) is 24.4. The number of aromatic nitrogens is 1. The van der Waals surface area contributed by atoms with Gasteiger partial charge in [0.25, 0.3) is 5.91 Å². The first kappa shape index (κ1) is 19.3. The minimum absolute atomic E-state index is 0.0986. The minimum atomic E-state index is -0.362. The lowest BCUT2D eigenvalue weighted by Crippen LogP contribution is -2.23. The predicted octanol–water partition coefficient (Wildman–Crippen LogP) is 3.54. The average molecular weight is 381 g/mol. The van der Waals surface area contributed by atoms with E-state index in [9.17, 15) is 14.0 Å². The van der Waals surface area contributed by atoms with Crippen molar-refractivity contribution in [3.8, 4) is 0 Å². The lowest BCUT2D eigenvalue weighted by atomic mass is 10.1. The summed E-state index contributed by atoms with van der Waals surface area (Å²) < 4.78 is 18.7. The van der Waals surface area contributed by atoms with Crippen LogP contribution in [-0.4, -0.2) is 17.0 Å². The van der Waals surface area contributed by atoms with Gasteiger partial charge in [0, 0.05) is 28.9 Å². The third-order valence-electron chi connectivity index (χ3n) is 4.35. The Labute approximate surface area is 161 Å².